The first-order chi connectivity index (χ1) is 12.0. The number of rotatable bonds is 0. The zero-order valence-corrected chi connectivity index (χ0v) is 13.0. The van der Waals surface area contributed by atoms with Crippen molar-refractivity contribution in [2.75, 3.05) is 0 Å². The third kappa shape index (κ3) is 1.65. The molecule has 4 unspecified atom stereocenters. The Balaban J connectivity index is 1.90. The number of hydrogen-bond acceptors (Lipinski definition) is 3. The lowest BCUT2D eigenvalue weighted by Crippen LogP contribution is -2.55. The van der Waals surface area contributed by atoms with Gasteiger partial charge in [0.15, 0.2) is 5.78 Å². The predicted octanol–water partition coefficient (Wildman–Crippen LogP) is 3.27. The Labute approximate surface area is 137 Å². The Kier molecular flexibility index (Phi) is 2.10. The van der Waals surface area contributed by atoms with Gasteiger partial charge in [0.25, 0.3) is 0 Å². The van der Waals surface area contributed by atoms with Crippen LogP contribution in [0.15, 0.2) is 11.6 Å². The Morgan fingerprint density at radius 3 is 2.73 bits per heavy atom. The van der Waals surface area contributed by atoms with Crippen LogP contribution in [-0.4, -0.2) is 17.3 Å². The van der Waals surface area contributed by atoms with E-state index in [1.165, 1.54) is 6.08 Å². The van der Waals surface area contributed by atoms with Gasteiger partial charge in [0.05, 0.1) is 0 Å². The first kappa shape index (κ1) is 10.5. The number of ketones is 3. The molecular formula is C19H24O3. The van der Waals surface area contributed by atoms with Gasteiger partial charge in [-0.2, -0.15) is 0 Å². The van der Waals surface area contributed by atoms with Crippen LogP contribution in [0.1, 0.15) is 64.2 Å². The Morgan fingerprint density at radius 2 is 1.95 bits per heavy atom. The third-order valence-electron chi connectivity index (χ3n) is 6.53. The molecule has 0 aliphatic heterocycles. The summed E-state index contributed by atoms with van der Waals surface area (Å²) in [5.41, 5.74) is -1.48. The van der Waals surface area contributed by atoms with Crippen LogP contribution in [0.3, 0.4) is 0 Å². The van der Waals surface area contributed by atoms with Gasteiger partial charge in [0.1, 0.15) is 11.6 Å². The van der Waals surface area contributed by atoms with E-state index in [1.807, 2.05) is 6.92 Å². The van der Waals surface area contributed by atoms with Gasteiger partial charge in [-0.25, -0.2) is 0 Å². The molecule has 0 amide bonds. The van der Waals surface area contributed by atoms with Gasteiger partial charge in [-0.05, 0) is 48.9 Å². The second kappa shape index (κ2) is 4.39. The molecule has 22 heavy (non-hydrogen) atoms. The highest BCUT2D eigenvalue weighted by Gasteiger charge is 2.62. The topological polar surface area (TPSA) is 51.2 Å². The van der Waals surface area contributed by atoms with Gasteiger partial charge in [0.2, 0.25) is 0 Å². The molecule has 118 valence electrons. The summed E-state index contributed by atoms with van der Waals surface area (Å²) in [6.07, 6.45) is -1.92. The average molecular weight is 308 g/mol. The molecule has 3 nitrogen and oxygen atoms in total. The minimum absolute atomic E-state index is 0.0640. The molecule has 0 saturated heterocycles. The summed E-state index contributed by atoms with van der Waals surface area (Å²) in [6, 6.07) is 0. The standard InChI is InChI=1S/C19H24O3/c1-18-8-7-12(20)9-11(18)3-4-13-14-5-6-16(22)19(14,2)10-15(21)17(13)18/h9,13-14,17H,3-8,10H2,1-2H3/t13-,14-,17+,18-,19-/m0/s1/i3T,4T,7T,8T/t3?,4?,7?,8?,13-,14-,17+,18-,19-. The van der Waals surface area contributed by atoms with Crippen LogP contribution in [0, 0.1) is 28.6 Å². The molecular weight excluding hydrogens is 276 g/mol. The van der Waals surface area contributed by atoms with Crippen LogP contribution in [0.2, 0.25) is 0 Å². The van der Waals surface area contributed by atoms with Crippen molar-refractivity contribution in [2.24, 2.45) is 28.6 Å². The molecule has 3 heteroatoms. The van der Waals surface area contributed by atoms with Gasteiger partial charge >= 0.3 is 0 Å². The van der Waals surface area contributed by atoms with E-state index in [-0.39, 0.29) is 23.9 Å². The number of carbonyl (C=O) groups excluding carboxylic acids is 3. The van der Waals surface area contributed by atoms with E-state index in [0.29, 0.717) is 18.4 Å². The second-order valence-electron chi connectivity index (χ2n) is 7.66. The zero-order valence-electron chi connectivity index (χ0n) is 17.0. The van der Waals surface area contributed by atoms with Gasteiger partial charge < -0.3 is 0 Å². The molecule has 0 N–H and O–H groups in total. The molecule has 4 aliphatic rings. The molecule has 0 radical (unpaired) electrons. The first-order valence-corrected chi connectivity index (χ1v) is 8.06. The minimum Gasteiger partial charge on any atom is -0.299 e. The lowest BCUT2D eigenvalue weighted by molar-refractivity contribution is -0.149. The van der Waals surface area contributed by atoms with Crippen molar-refractivity contribution >= 4 is 17.3 Å². The summed E-state index contributed by atoms with van der Waals surface area (Å²) in [5, 5.41) is 0. The molecule has 4 aliphatic carbocycles. The summed E-state index contributed by atoms with van der Waals surface area (Å²) < 4.78 is 33.9. The van der Waals surface area contributed by atoms with E-state index in [2.05, 4.69) is 0 Å². The summed E-state index contributed by atoms with van der Waals surface area (Å²) >= 11 is 0. The summed E-state index contributed by atoms with van der Waals surface area (Å²) in [4.78, 5) is 37.8. The minimum atomic E-state index is -1.27. The largest absolute Gasteiger partial charge is 0.299 e. The maximum Gasteiger partial charge on any atom is 0.155 e. The molecule has 0 spiro atoms. The molecule has 0 heterocycles. The van der Waals surface area contributed by atoms with Crippen LogP contribution >= 0.6 is 0 Å². The summed E-state index contributed by atoms with van der Waals surface area (Å²) in [7, 11) is 0. The molecule has 9 atom stereocenters. The first-order valence-electron chi connectivity index (χ1n) is 10.4. The van der Waals surface area contributed by atoms with E-state index >= 15 is 0 Å². The number of allylic oxidation sites excluding steroid dienone is 1. The fraction of sp³-hybridized carbons (Fsp3) is 0.737. The molecule has 3 saturated carbocycles. The predicted molar refractivity (Wildman–Crippen MR) is 82.1 cm³/mol. The van der Waals surface area contributed by atoms with Gasteiger partial charge in [-0.1, -0.05) is 19.4 Å². The van der Waals surface area contributed by atoms with Crippen molar-refractivity contribution in [1.29, 1.82) is 0 Å². The van der Waals surface area contributed by atoms with Crippen molar-refractivity contribution in [3.05, 3.63) is 11.6 Å². The molecule has 0 bridgehead atoms. The van der Waals surface area contributed by atoms with Crippen LogP contribution in [0.5, 0.6) is 0 Å². The Hall–Kier alpha value is -1.25. The van der Waals surface area contributed by atoms with Crippen LogP contribution < -0.4 is 0 Å². The van der Waals surface area contributed by atoms with Crippen molar-refractivity contribution in [3.63, 3.8) is 0 Å². The molecule has 0 aromatic heterocycles. The van der Waals surface area contributed by atoms with Crippen molar-refractivity contribution in [1.82, 2.24) is 0 Å². The van der Waals surface area contributed by atoms with E-state index in [0.717, 1.165) is 0 Å². The normalized spacial score (nSPS) is 63.6. The second-order valence-corrected chi connectivity index (χ2v) is 7.66. The fourth-order valence-corrected chi connectivity index (χ4v) is 5.28. The molecule has 0 aromatic carbocycles. The maximum atomic E-state index is 13.2. The number of carbonyl (C=O) groups is 3. The smallest absolute Gasteiger partial charge is 0.155 e. The van der Waals surface area contributed by atoms with E-state index in [9.17, 15) is 14.4 Å². The van der Waals surface area contributed by atoms with Crippen molar-refractivity contribution < 1.29 is 19.9 Å². The highest BCUT2D eigenvalue weighted by molar-refractivity contribution is 5.96. The van der Waals surface area contributed by atoms with Crippen molar-refractivity contribution in [2.45, 2.75) is 58.7 Å². The van der Waals surface area contributed by atoms with Gasteiger partial charge in [-0.3, -0.25) is 14.4 Å². The summed E-state index contributed by atoms with van der Waals surface area (Å²) in [5.74, 6) is -1.85. The quantitative estimate of drug-likeness (QED) is 0.690. The Morgan fingerprint density at radius 1 is 1.18 bits per heavy atom. The van der Waals surface area contributed by atoms with E-state index in [1.54, 1.807) is 6.92 Å². The Bertz CT molecular complexity index is 749. The monoisotopic (exact) mass is 308 g/mol. The van der Waals surface area contributed by atoms with Gasteiger partial charge in [-0.15, -0.1) is 0 Å². The van der Waals surface area contributed by atoms with Crippen molar-refractivity contribution in [3.8, 4) is 0 Å². The highest BCUT2D eigenvalue weighted by Crippen LogP contribution is 2.63. The highest BCUT2D eigenvalue weighted by atomic mass is 16.1. The van der Waals surface area contributed by atoms with Crippen LogP contribution in [0.25, 0.3) is 0 Å². The fourth-order valence-electron chi connectivity index (χ4n) is 5.28. The average Bonchev–Trinajstić information content (AvgIpc) is 2.87. The number of Topliss-reactive ketones (excluding diaryl/α,β-unsaturated/α-hetero) is 2. The zero-order chi connectivity index (χ0) is 19.2. The maximum absolute atomic E-state index is 13.2. The van der Waals surface area contributed by atoms with Gasteiger partial charge in [0, 0.05) is 36.1 Å². The number of hydrogen-bond donors (Lipinski definition) is 0. The lowest BCUT2D eigenvalue weighted by Gasteiger charge is -2.55. The van der Waals surface area contributed by atoms with E-state index < -0.39 is 54.0 Å². The molecule has 3 fully saturated rings. The number of fused-ring (bicyclic) bond motifs is 5. The van der Waals surface area contributed by atoms with Crippen LogP contribution in [0.4, 0.5) is 0 Å². The van der Waals surface area contributed by atoms with Crippen LogP contribution in [-0.2, 0) is 14.4 Å². The molecule has 4 rings (SSSR count). The molecule has 0 aromatic rings. The van der Waals surface area contributed by atoms with E-state index in [4.69, 9.17) is 5.48 Å². The lowest BCUT2D eigenvalue weighted by atomic mass is 9.47. The summed E-state index contributed by atoms with van der Waals surface area (Å²) in [6.45, 7) is 3.54. The third-order valence-corrected chi connectivity index (χ3v) is 6.53. The SMILES string of the molecule is [3H]C1C2=CC(=O)C([3H])C([3H])[C@]2(C)[C@H]2C(=O)C[C@]3(C)C(=O)CC[C@H]3[C@@H]2C1[3H].